The summed E-state index contributed by atoms with van der Waals surface area (Å²) in [6, 6.07) is 7.81. The number of sulfone groups is 1. The Labute approximate surface area is 127 Å². The van der Waals surface area contributed by atoms with Crippen molar-refractivity contribution >= 4 is 36.7 Å². The molecule has 0 aliphatic carbocycles. The van der Waals surface area contributed by atoms with Gasteiger partial charge >= 0.3 is 0 Å². The maximum absolute atomic E-state index is 11.3. The van der Waals surface area contributed by atoms with E-state index in [0.29, 0.717) is 6.54 Å². The standard InChI is InChI=1S/C14H17BrN2O2S/c1-10(9-20(2,18)19)17-8-11-5-6-13(15)12-4-3-7-16-14(11)12/h3-7,10,17H,8-9H2,1-2H3. The molecule has 6 heteroatoms. The molecule has 1 atom stereocenters. The van der Waals surface area contributed by atoms with Gasteiger partial charge in [-0.3, -0.25) is 4.98 Å². The van der Waals surface area contributed by atoms with Gasteiger partial charge in [0.05, 0.1) is 11.3 Å². The molecule has 0 aliphatic heterocycles. The van der Waals surface area contributed by atoms with Crippen LogP contribution in [-0.2, 0) is 16.4 Å². The topological polar surface area (TPSA) is 59.1 Å². The van der Waals surface area contributed by atoms with Crippen LogP contribution in [0.15, 0.2) is 34.9 Å². The maximum Gasteiger partial charge on any atom is 0.148 e. The Morgan fingerprint density at radius 2 is 2.10 bits per heavy atom. The molecular formula is C14H17BrN2O2S. The van der Waals surface area contributed by atoms with Crippen LogP contribution in [0.25, 0.3) is 10.9 Å². The molecule has 0 saturated heterocycles. The van der Waals surface area contributed by atoms with E-state index in [9.17, 15) is 8.42 Å². The third kappa shape index (κ3) is 4.01. The normalized spacial score (nSPS) is 13.6. The summed E-state index contributed by atoms with van der Waals surface area (Å²) < 4.78 is 23.5. The Balaban J connectivity index is 2.17. The molecule has 20 heavy (non-hydrogen) atoms. The van der Waals surface area contributed by atoms with Gasteiger partial charge in [0.2, 0.25) is 0 Å². The lowest BCUT2D eigenvalue weighted by Gasteiger charge is -2.14. The minimum Gasteiger partial charge on any atom is -0.309 e. The fourth-order valence-electron chi connectivity index (χ4n) is 2.14. The van der Waals surface area contributed by atoms with Gasteiger partial charge in [-0.25, -0.2) is 8.42 Å². The molecule has 0 fully saturated rings. The van der Waals surface area contributed by atoms with Crippen molar-refractivity contribution < 1.29 is 8.42 Å². The van der Waals surface area contributed by atoms with Gasteiger partial charge in [-0.2, -0.15) is 0 Å². The first-order valence-electron chi connectivity index (χ1n) is 6.30. The van der Waals surface area contributed by atoms with Crippen molar-refractivity contribution in [2.24, 2.45) is 0 Å². The Morgan fingerprint density at radius 3 is 2.80 bits per heavy atom. The van der Waals surface area contributed by atoms with Crippen molar-refractivity contribution in [1.82, 2.24) is 10.3 Å². The molecule has 1 aromatic heterocycles. The summed E-state index contributed by atoms with van der Waals surface area (Å²) in [5, 5.41) is 4.29. The minimum atomic E-state index is -2.96. The van der Waals surface area contributed by atoms with Crippen molar-refractivity contribution in [1.29, 1.82) is 0 Å². The lowest BCUT2D eigenvalue weighted by Crippen LogP contribution is -2.32. The Bertz CT molecular complexity index is 716. The monoisotopic (exact) mass is 356 g/mol. The number of benzene rings is 1. The second-order valence-electron chi connectivity index (χ2n) is 4.98. The molecular weight excluding hydrogens is 340 g/mol. The number of rotatable bonds is 5. The number of nitrogens with one attached hydrogen (secondary N) is 1. The van der Waals surface area contributed by atoms with Gasteiger partial charge in [0, 0.05) is 34.9 Å². The van der Waals surface area contributed by atoms with Crippen molar-refractivity contribution in [2.45, 2.75) is 19.5 Å². The zero-order valence-corrected chi connectivity index (χ0v) is 13.8. The van der Waals surface area contributed by atoms with Crippen LogP contribution < -0.4 is 5.32 Å². The highest BCUT2D eigenvalue weighted by Crippen LogP contribution is 2.25. The largest absolute Gasteiger partial charge is 0.309 e. The van der Waals surface area contributed by atoms with Gasteiger partial charge in [0.1, 0.15) is 9.84 Å². The molecule has 1 aromatic carbocycles. The first kappa shape index (κ1) is 15.4. The van der Waals surface area contributed by atoms with Crippen LogP contribution in [0.5, 0.6) is 0 Å². The molecule has 0 bridgehead atoms. The number of aromatic nitrogens is 1. The van der Waals surface area contributed by atoms with Gasteiger partial charge < -0.3 is 5.32 Å². The second kappa shape index (κ2) is 6.20. The maximum atomic E-state index is 11.3. The Hall–Kier alpha value is -0.980. The van der Waals surface area contributed by atoms with Crippen LogP contribution in [-0.4, -0.2) is 31.5 Å². The van der Waals surface area contributed by atoms with E-state index in [1.54, 1.807) is 6.20 Å². The highest BCUT2D eigenvalue weighted by atomic mass is 79.9. The molecule has 1 unspecified atom stereocenters. The van der Waals surface area contributed by atoms with Crippen LogP contribution in [0, 0.1) is 0 Å². The van der Waals surface area contributed by atoms with E-state index >= 15 is 0 Å². The fourth-order valence-corrected chi connectivity index (χ4v) is 3.61. The molecule has 1 N–H and O–H groups in total. The first-order chi connectivity index (χ1) is 9.37. The molecule has 4 nitrogen and oxygen atoms in total. The average Bonchev–Trinajstić information content (AvgIpc) is 2.36. The van der Waals surface area contributed by atoms with Crippen molar-refractivity contribution in [3.63, 3.8) is 0 Å². The fraction of sp³-hybridized carbons (Fsp3) is 0.357. The summed E-state index contributed by atoms with van der Waals surface area (Å²) in [6.45, 7) is 2.47. The van der Waals surface area contributed by atoms with Gasteiger partial charge in [-0.05, 0) is 24.6 Å². The van der Waals surface area contributed by atoms with E-state index in [4.69, 9.17) is 0 Å². The van der Waals surface area contributed by atoms with Crippen LogP contribution in [0.3, 0.4) is 0 Å². The van der Waals surface area contributed by atoms with Gasteiger partial charge in [-0.1, -0.05) is 28.1 Å². The van der Waals surface area contributed by atoms with Crippen molar-refractivity contribution in [3.8, 4) is 0 Å². The smallest absolute Gasteiger partial charge is 0.148 e. The highest BCUT2D eigenvalue weighted by molar-refractivity contribution is 9.10. The Kier molecular flexibility index (Phi) is 4.78. The summed E-state index contributed by atoms with van der Waals surface area (Å²) in [4.78, 5) is 4.41. The molecule has 1 heterocycles. The zero-order chi connectivity index (χ0) is 14.8. The van der Waals surface area contributed by atoms with Gasteiger partial charge in [-0.15, -0.1) is 0 Å². The molecule has 108 valence electrons. The van der Waals surface area contributed by atoms with Crippen molar-refractivity contribution in [2.75, 3.05) is 12.0 Å². The molecule has 0 aliphatic rings. The predicted molar refractivity (Wildman–Crippen MR) is 85.5 cm³/mol. The summed E-state index contributed by atoms with van der Waals surface area (Å²) in [5.41, 5.74) is 1.99. The van der Waals surface area contributed by atoms with E-state index in [0.717, 1.165) is 20.9 Å². The number of fused-ring (bicyclic) bond motifs is 1. The lowest BCUT2D eigenvalue weighted by molar-refractivity contribution is 0.561. The summed E-state index contributed by atoms with van der Waals surface area (Å²) in [7, 11) is -2.96. The summed E-state index contributed by atoms with van der Waals surface area (Å²) >= 11 is 3.51. The molecule has 0 spiro atoms. The number of pyridine rings is 1. The zero-order valence-electron chi connectivity index (χ0n) is 11.4. The second-order valence-corrected chi connectivity index (χ2v) is 8.02. The Morgan fingerprint density at radius 1 is 1.35 bits per heavy atom. The van der Waals surface area contributed by atoms with Gasteiger partial charge in [0.25, 0.3) is 0 Å². The number of hydrogen-bond acceptors (Lipinski definition) is 4. The average molecular weight is 357 g/mol. The van der Waals surface area contributed by atoms with Crippen LogP contribution in [0.4, 0.5) is 0 Å². The molecule has 2 rings (SSSR count). The van der Waals surface area contributed by atoms with E-state index in [2.05, 4.69) is 26.2 Å². The van der Waals surface area contributed by atoms with Crippen molar-refractivity contribution in [3.05, 3.63) is 40.5 Å². The molecule has 0 radical (unpaired) electrons. The predicted octanol–water partition coefficient (Wildman–Crippen LogP) is 2.52. The van der Waals surface area contributed by atoms with E-state index in [1.165, 1.54) is 6.26 Å². The lowest BCUT2D eigenvalue weighted by atomic mass is 10.1. The third-order valence-corrected chi connectivity index (χ3v) is 4.79. The summed E-state index contributed by atoms with van der Waals surface area (Å²) in [5.74, 6) is 0.134. The van der Waals surface area contributed by atoms with Crippen LogP contribution in [0.2, 0.25) is 0 Å². The highest BCUT2D eigenvalue weighted by Gasteiger charge is 2.11. The van der Waals surface area contributed by atoms with Gasteiger partial charge in [0.15, 0.2) is 0 Å². The summed E-state index contributed by atoms with van der Waals surface area (Å²) in [6.07, 6.45) is 3.01. The number of halogens is 1. The minimum absolute atomic E-state index is 0.0904. The molecule has 0 saturated carbocycles. The molecule has 2 aromatic rings. The first-order valence-corrected chi connectivity index (χ1v) is 9.15. The SMILES string of the molecule is CC(CS(C)(=O)=O)NCc1ccc(Br)c2cccnc12. The number of hydrogen-bond donors (Lipinski definition) is 1. The van der Waals surface area contributed by atoms with E-state index < -0.39 is 9.84 Å². The van der Waals surface area contributed by atoms with Crippen LogP contribution >= 0.6 is 15.9 Å². The van der Waals surface area contributed by atoms with Crippen LogP contribution in [0.1, 0.15) is 12.5 Å². The quantitative estimate of drug-likeness (QED) is 0.893. The third-order valence-electron chi connectivity index (χ3n) is 2.99. The molecule has 0 amide bonds. The van der Waals surface area contributed by atoms with E-state index in [-0.39, 0.29) is 11.8 Å². The van der Waals surface area contributed by atoms with E-state index in [1.807, 2.05) is 31.2 Å². The number of nitrogens with zero attached hydrogens (tertiary/aromatic N) is 1.